The Hall–Kier alpha value is -0.870. The van der Waals surface area contributed by atoms with Gasteiger partial charge in [-0.25, -0.2) is 4.98 Å². The fraction of sp³-hybridized carbons (Fsp3) is 0.800. The van der Waals surface area contributed by atoms with Crippen molar-refractivity contribution in [3.05, 3.63) is 18.2 Å². The minimum atomic E-state index is 0.0833. The van der Waals surface area contributed by atoms with Crippen LogP contribution in [0.5, 0.6) is 0 Å². The molecule has 2 atom stereocenters. The summed E-state index contributed by atoms with van der Waals surface area (Å²) >= 11 is 0. The zero-order chi connectivity index (χ0) is 12.9. The Kier molecular flexibility index (Phi) is 2.71. The van der Waals surface area contributed by atoms with Crippen LogP contribution in [0.25, 0.3) is 0 Å². The molecule has 0 aromatic carbocycles. The predicted octanol–water partition coefficient (Wildman–Crippen LogP) is 2.11. The molecule has 4 heteroatoms. The second-order valence-corrected chi connectivity index (χ2v) is 6.73. The molecule has 0 spiro atoms. The van der Waals surface area contributed by atoms with Gasteiger partial charge in [-0.3, -0.25) is 0 Å². The summed E-state index contributed by atoms with van der Waals surface area (Å²) in [6.45, 7) is 2.80. The first kappa shape index (κ1) is 11.9. The summed E-state index contributed by atoms with van der Waals surface area (Å²) in [7, 11) is 0. The molecule has 2 heterocycles. The number of hydrogen-bond acceptors (Lipinski definition) is 3. The van der Waals surface area contributed by atoms with Crippen LogP contribution in [-0.4, -0.2) is 22.8 Å². The van der Waals surface area contributed by atoms with Crippen LogP contribution in [0, 0.1) is 17.3 Å². The van der Waals surface area contributed by atoms with E-state index in [0.717, 1.165) is 32.1 Å². The molecule has 3 aliphatic rings. The summed E-state index contributed by atoms with van der Waals surface area (Å²) < 4.78 is 7.80. The Balaban J connectivity index is 1.51. The standard InChI is InChI=1S/C15H23N3O/c16-14(11-3-6-19-8-11)13-7-17-10-18(13)9-15(4-5-15)12-1-2-12/h7,10-12,14H,1-6,8-9,16H2. The van der Waals surface area contributed by atoms with E-state index in [4.69, 9.17) is 10.5 Å². The van der Waals surface area contributed by atoms with Crippen LogP contribution in [0.2, 0.25) is 0 Å². The highest BCUT2D eigenvalue weighted by Crippen LogP contribution is 2.62. The van der Waals surface area contributed by atoms with Crippen molar-refractivity contribution >= 4 is 0 Å². The van der Waals surface area contributed by atoms with Gasteiger partial charge < -0.3 is 15.0 Å². The van der Waals surface area contributed by atoms with E-state index in [0.29, 0.717) is 11.3 Å². The van der Waals surface area contributed by atoms with E-state index in [1.807, 2.05) is 12.5 Å². The molecule has 3 fully saturated rings. The smallest absolute Gasteiger partial charge is 0.0948 e. The lowest BCUT2D eigenvalue weighted by atomic mass is 9.96. The first-order valence-corrected chi connectivity index (χ1v) is 7.62. The number of rotatable bonds is 5. The van der Waals surface area contributed by atoms with E-state index in [9.17, 15) is 0 Å². The summed E-state index contributed by atoms with van der Waals surface area (Å²) in [6, 6.07) is 0.0833. The van der Waals surface area contributed by atoms with Crippen molar-refractivity contribution in [2.24, 2.45) is 23.0 Å². The molecule has 1 aromatic heterocycles. The molecule has 104 valence electrons. The van der Waals surface area contributed by atoms with Crippen LogP contribution in [0.4, 0.5) is 0 Å². The fourth-order valence-electron chi connectivity index (χ4n) is 3.71. The third-order valence-corrected chi connectivity index (χ3v) is 5.38. The Morgan fingerprint density at radius 1 is 1.42 bits per heavy atom. The molecule has 1 aromatic rings. The van der Waals surface area contributed by atoms with Gasteiger partial charge in [-0.1, -0.05) is 0 Å². The van der Waals surface area contributed by atoms with Gasteiger partial charge in [0.25, 0.3) is 0 Å². The van der Waals surface area contributed by atoms with Gasteiger partial charge >= 0.3 is 0 Å². The second kappa shape index (κ2) is 4.32. The minimum absolute atomic E-state index is 0.0833. The van der Waals surface area contributed by atoms with Gasteiger partial charge in [0.1, 0.15) is 0 Å². The van der Waals surface area contributed by atoms with Crippen LogP contribution < -0.4 is 5.73 Å². The van der Waals surface area contributed by atoms with Gasteiger partial charge in [0.2, 0.25) is 0 Å². The third kappa shape index (κ3) is 2.11. The van der Waals surface area contributed by atoms with Crippen molar-refractivity contribution in [3.8, 4) is 0 Å². The summed E-state index contributed by atoms with van der Waals surface area (Å²) in [5.41, 5.74) is 8.24. The molecule has 2 saturated carbocycles. The maximum absolute atomic E-state index is 6.44. The summed E-state index contributed by atoms with van der Waals surface area (Å²) in [6.07, 6.45) is 10.7. The highest BCUT2D eigenvalue weighted by Gasteiger charge is 2.53. The molecule has 2 aliphatic carbocycles. The number of ether oxygens (including phenoxy) is 1. The van der Waals surface area contributed by atoms with E-state index in [2.05, 4.69) is 9.55 Å². The monoisotopic (exact) mass is 261 g/mol. The molecule has 1 aliphatic heterocycles. The number of hydrogen-bond donors (Lipinski definition) is 1. The number of nitrogens with zero attached hydrogens (tertiary/aromatic N) is 2. The van der Waals surface area contributed by atoms with Gasteiger partial charge in [0.05, 0.1) is 24.7 Å². The third-order valence-electron chi connectivity index (χ3n) is 5.38. The quantitative estimate of drug-likeness (QED) is 0.883. The van der Waals surface area contributed by atoms with E-state index in [-0.39, 0.29) is 6.04 Å². The fourth-order valence-corrected chi connectivity index (χ4v) is 3.71. The van der Waals surface area contributed by atoms with E-state index < -0.39 is 0 Å². The Morgan fingerprint density at radius 3 is 2.89 bits per heavy atom. The van der Waals surface area contributed by atoms with Crippen molar-refractivity contribution in [1.82, 2.24) is 9.55 Å². The molecular weight excluding hydrogens is 238 g/mol. The van der Waals surface area contributed by atoms with Gasteiger partial charge in [-0.15, -0.1) is 0 Å². The van der Waals surface area contributed by atoms with Crippen LogP contribution in [0.1, 0.15) is 43.8 Å². The molecule has 0 bridgehead atoms. The molecule has 2 unspecified atom stereocenters. The molecular formula is C15H23N3O. The van der Waals surface area contributed by atoms with E-state index in [1.54, 1.807) is 0 Å². The normalized spacial score (nSPS) is 30.5. The van der Waals surface area contributed by atoms with Crippen molar-refractivity contribution in [3.63, 3.8) is 0 Å². The maximum atomic E-state index is 6.44. The van der Waals surface area contributed by atoms with Gasteiger partial charge in [0, 0.05) is 25.3 Å². The SMILES string of the molecule is NC(c1cncn1CC1(C2CC2)CC1)C1CCOC1. The molecule has 1 saturated heterocycles. The Bertz CT molecular complexity index is 456. The Morgan fingerprint density at radius 2 is 2.26 bits per heavy atom. The van der Waals surface area contributed by atoms with Crippen LogP contribution in [0.15, 0.2) is 12.5 Å². The second-order valence-electron chi connectivity index (χ2n) is 6.73. The van der Waals surface area contributed by atoms with Crippen molar-refractivity contribution < 1.29 is 4.74 Å². The Labute approximate surface area is 114 Å². The highest BCUT2D eigenvalue weighted by atomic mass is 16.5. The molecule has 4 nitrogen and oxygen atoms in total. The van der Waals surface area contributed by atoms with Gasteiger partial charge in [0.15, 0.2) is 0 Å². The van der Waals surface area contributed by atoms with Gasteiger partial charge in [-0.05, 0) is 43.4 Å². The number of imidazole rings is 1. The lowest BCUT2D eigenvalue weighted by Gasteiger charge is -2.22. The summed E-state index contributed by atoms with van der Waals surface area (Å²) in [4.78, 5) is 4.35. The molecule has 0 amide bonds. The average molecular weight is 261 g/mol. The predicted molar refractivity (Wildman–Crippen MR) is 72.5 cm³/mol. The summed E-state index contributed by atoms with van der Waals surface area (Å²) in [5.74, 6) is 1.44. The van der Waals surface area contributed by atoms with Crippen LogP contribution in [-0.2, 0) is 11.3 Å². The zero-order valence-electron chi connectivity index (χ0n) is 11.4. The molecule has 2 N–H and O–H groups in total. The van der Waals surface area contributed by atoms with Crippen LogP contribution >= 0.6 is 0 Å². The minimum Gasteiger partial charge on any atom is -0.381 e. The van der Waals surface area contributed by atoms with Crippen molar-refractivity contribution in [2.75, 3.05) is 13.2 Å². The highest BCUT2D eigenvalue weighted by molar-refractivity contribution is 5.11. The van der Waals surface area contributed by atoms with Crippen LogP contribution in [0.3, 0.4) is 0 Å². The maximum Gasteiger partial charge on any atom is 0.0948 e. The average Bonchev–Trinajstić information content (AvgIpc) is 3.29. The van der Waals surface area contributed by atoms with E-state index in [1.165, 1.54) is 31.4 Å². The first-order valence-electron chi connectivity index (χ1n) is 7.62. The lowest BCUT2D eigenvalue weighted by Crippen LogP contribution is -2.26. The summed E-state index contributed by atoms with van der Waals surface area (Å²) in [5, 5.41) is 0. The molecule has 4 rings (SSSR count). The zero-order valence-corrected chi connectivity index (χ0v) is 11.4. The largest absolute Gasteiger partial charge is 0.381 e. The molecule has 0 radical (unpaired) electrons. The van der Waals surface area contributed by atoms with Crippen molar-refractivity contribution in [2.45, 2.75) is 44.7 Å². The number of aromatic nitrogens is 2. The molecule has 19 heavy (non-hydrogen) atoms. The van der Waals surface area contributed by atoms with E-state index >= 15 is 0 Å². The van der Waals surface area contributed by atoms with Gasteiger partial charge in [-0.2, -0.15) is 0 Å². The van der Waals surface area contributed by atoms with Crippen molar-refractivity contribution in [1.29, 1.82) is 0 Å². The first-order chi connectivity index (χ1) is 9.28. The number of nitrogens with two attached hydrogens (primary N) is 1. The lowest BCUT2D eigenvalue weighted by molar-refractivity contribution is 0.180. The topological polar surface area (TPSA) is 53.1 Å².